The molecule has 192 valence electrons. The predicted molar refractivity (Wildman–Crippen MR) is 134 cm³/mol. The molecule has 3 aromatic rings. The van der Waals surface area contributed by atoms with Gasteiger partial charge in [0.25, 0.3) is 5.56 Å². The number of nitrogens with zero attached hydrogens (tertiary/aromatic N) is 2. The number of ether oxygens (including phenoxy) is 1. The van der Waals surface area contributed by atoms with E-state index in [0.717, 1.165) is 16.7 Å². The second kappa shape index (κ2) is 10.8. The molecular weight excluding hydrogens is 507 g/mol. The first-order chi connectivity index (χ1) is 17.7. The minimum Gasteiger partial charge on any atom is -0.477 e. The second-order valence-electron chi connectivity index (χ2n) is 8.25. The molecule has 3 amide bonds. The van der Waals surface area contributed by atoms with Crippen LogP contribution in [0.5, 0.6) is 0 Å². The number of aromatic nitrogens is 1. The van der Waals surface area contributed by atoms with E-state index >= 15 is 0 Å². The third-order valence-electron chi connectivity index (χ3n) is 5.92. The lowest BCUT2D eigenvalue weighted by Gasteiger charge is -2.24. The Morgan fingerprint density at radius 2 is 1.84 bits per heavy atom. The number of hydrogen-bond donors (Lipinski definition) is 3. The quantitative estimate of drug-likeness (QED) is 0.448. The van der Waals surface area contributed by atoms with Gasteiger partial charge in [-0.25, -0.2) is 14.0 Å². The van der Waals surface area contributed by atoms with Crippen LogP contribution in [0.3, 0.4) is 0 Å². The molecule has 1 aliphatic heterocycles. The van der Waals surface area contributed by atoms with Crippen LogP contribution in [0.15, 0.2) is 65.6 Å². The summed E-state index contributed by atoms with van der Waals surface area (Å²) in [6.45, 7) is 0.151. The van der Waals surface area contributed by atoms with Crippen LogP contribution in [-0.4, -0.2) is 58.3 Å². The van der Waals surface area contributed by atoms with Crippen molar-refractivity contribution in [2.45, 2.75) is 18.6 Å². The van der Waals surface area contributed by atoms with Crippen molar-refractivity contribution in [1.29, 1.82) is 0 Å². The summed E-state index contributed by atoms with van der Waals surface area (Å²) in [6, 6.07) is 11.1. The lowest BCUT2D eigenvalue weighted by atomic mass is 10.1. The molecule has 1 aromatic heterocycles. The van der Waals surface area contributed by atoms with Crippen LogP contribution in [0.4, 0.5) is 20.6 Å². The standard InChI is InChI=1S/C25H22ClFN4O6/c1-37-17-12-21(31(13-17)25(36)28-15-6-4-14(26)5-7-15)22(32)29-20-9-8-16(11-19(20)27)30-10-2-3-18(23(30)33)24(34)35/h2-11,17,21H,12-13H2,1H3,(H,28,36)(H,29,32)(H,34,35)/t17-,21-/m1/s1. The molecule has 0 radical (unpaired) electrons. The molecule has 1 aliphatic rings. The molecule has 2 aromatic carbocycles. The molecule has 10 nitrogen and oxygen atoms in total. The third kappa shape index (κ3) is 5.63. The molecule has 0 saturated carbocycles. The van der Waals surface area contributed by atoms with Gasteiger partial charge in [-0.3, -0.25) is 14.2 Å². The smallest absolute Gasteiger partial charge is 0.341 e. The number of benzene rings is 2. The van der Waals surface area contributed by atoms with Gasteiger partial charge in [-0.15, -0.1) is 0 Å². The van der Waals surface area contributed by atoms with Gasteiger partial charge in [0.15, 0.2) is 0 Å². The summed E-state index contributed by atoms with van der Waals surface area (Å²) in [5, 5.41) is 14.8. The van der Waals surface area contributed by atoms with Crippen LogP contribution in [0.2, 0.25) is 5.02 Å². The summed E-state index contributed by atoms with van der Waals surface area (Å²) in [4.78, 5) is 50.9. The zero-order chi connectivity index (χ0) is 26.7. The molecule has 0 unspecified atom stereocenters. The van der Waals surface area contributed by atoms with Gasteiger partial charge < -0.3 is 25.4 Å². The van der Waals surface area contributed by atoms with Crippen LogP contribution in [0.25, 0.3) is 5.69 Å². The molecule has 3 N–H and O–H groups in total. The van der Waals surface area contributed by atoms with Crippen molar-refractivity contribution in [3.63, 3.8) is 0 Å². The number of hydrogen-bond acceptors (Lipinski definition) is 5. The number of methoxy groups -OCH3 is 1. The number of rotatable bonds is 6. The average molecular weight is 529 g/mol. The highest BCUT2D eigenvalue weighted by molar-refractivity contribution is 6.30. The fourth-order valence-corrected chi connectivity index (χ4v) is 4.13. The summed E-state index contributed by atoms with van der Waals surface area (Å²) in [5.74, 6) is -2.88. The van der Waals surface area contributed by atoms with E-state index in [1.54, 1.807) is 24.3 Å². The number of carbonyl (C=O) groups excluding carboxylic acids is 2. The molecule has 0 spiro atoms. The van der Waals surface area contributed by atoms with Gasteiger partial charge in [-0.1, -0.05) is 11.6 Å². The fourth-order valence-electron chi connectivity index (χ4n) is 4.00. The molecule has 12 heteroatoms. The van der Waals surface area contributed by atoms with E-state index in [1.807, 2.05) is 0 Å². The van der Waals surface area contributed by atoms with E-state index in [4.69, 9.17) is 21.4 Å². The number of urea groups is 1. The monoisotopic (exact) mass is 528 g/mol. The topological polar surface area (TPSA) is 130 Å². The van der Waals surface area contributed by atoms with Crippen molar-refractivity contribution in [3.05, 3.63) is 87.6 Å². The Kier molecular flexibility index (Phi) is 7.55. The molecule has 2 heterocycles. The highest BCUT2D eigenvalue weighted by Gasteiger charge is 2.40. The molecule has 0 bridgehead atoms. The maximum Gasteiger partial charge on any atom is 0.341 e. The Morgan fingerprint density at radius 1 is 1.11 bits per heavy atom. The number of pyridine rings is 1. The highest BCUT2D eigenvalue weighted by atomic mass is 35.5. The van der Waals surface area contributed by atoms with Crippen molar-refractivity contribution in [2.24, 2.45) is 0 Å². The molecule has 2 atom stereocenters. The predicted octanol–water partition coefficient (Wildman–Crippen LogP) is 3.59. The number of carbonyl (C=O) groups is 3. The fraction of sp³-hybridized carbons (Fsp3) is 0.200. The number of anilines is 2. The van der Waals surface area contributed by atoms with Gasteiger partial charge >= 0.3 is 12.0 Å². The molecule has 4 rings (SSSR count). The largest absolute Gasteiger partial charge is 0.477 e. The van der Waals surface area contributed by atoms with E-state index in [1.165, 1.54) is 36.4 Å². The lowest BCUT2D eigenvalue weighted by molar-refractivity contribution is -0.119. The maximum absolute atomic E-state index is 14.9. The summed E-state index contributed by atoms with van der Waals surface area (Å²) in [6.07, 6.45) is 1.11. The van der Waals surface area contributed by atoms with Crippen LogP contribution in [0.1, 0.15) is 16.8 Å². The minimum absolute atomic E-state index is 0.0767. The number of carboxylic acid groups (broad SMARTS) is 1. The van der Waals surface area contributed by atoms with Crippen LogP contribution in [0, 0.1) is 5.82 Å². The molecule has 1 fully saturated rings. The summed E-state index contributed by atoms with van der Waals surface area (Å²) in [5.41, 5.74) is -0.905. The normalized spacial score (nSPS) is 16.9. The average Bonchev–Trinajstić information content (AvgIpc) is 3.32. The van der Waals surface area contributed by atoms with Crippen molar-refractivity contribution in [1.82, 2.24) is 9.47 Å². The number of amides is 3. The number of halogens is 2. The Hall–Kier alpha value is -4.22. The summed E-state index contributed by atoms with van der Waals surface area (Å²) in [7, 11) is 1.47. The SMILES string of the molecule is CO[C@@H]1C[C@H](C(=O)Nc2ccc(-n3cccc(C(=O)O)c3=O)cc2F)N(C(=O)Nc2ccc(Cl)cc2)C1. The second-order valence-corrected chi connectivity index (χ2v) is 8.69. The summed E-state index contributed by atoms with van der Waals surface area (Å²) >= 11 is 5.88. The zero-order valence-electron chi connectivity index (χ0n) is 19.5. The van der Waals surface area contributed by atoms with Crippen molar-refractivity contribution in [3.8, 4) is 5.69 Å². The van der Waals surface area contributed by atoms with Gasteiger partial charge in [0.05, 0.1) is 17.5 Å². The third-order valence-corrected chi connectivity index (χ3v) is 6.17. The van der Waals surface area contributed by atoms with Crippen molar-refractivity contribution < 1.29 is 28.6 Å². The lowest BCUT2D eigenvalue weighted by Crippen LogP contribution is -2.45. The van der Waals surface area contributed by atoms with E-state index in [9.17, 15) is 23.6 Å². The van der Waals surface area contributed by atoms with Crippen LogP contribution >= 0.6 is 11.6 Å². The Balaban J connectivity index is 1.52. The Labute approximate surface area is 215 Å². The maximum atomic E-state index is 14.9. The van der Waals surface area contributed by atoms with Gasteiger partial charge in [0.1, 0.15) is 17.4 Å². The number of carboxylic acids is 1. The number of likely N-dealkylation sites (tertiary alicyclic amines) is 1. The molecule has 1 saturated heterocycles. The van der Waals surface area contributed by atoms with E-state index < -0.39 is 47.0 Å². The molecule has 0 aliphatic carbocycles. The Bertz CT molecular complexity index is 1410. The number of nitrogens with one attached hydrogen (secondary N) is 2. The van der Waals surface area contributed by atoms with Gasteiger partial charge in [0.2, 0.25) is 5.91 Å². The molecular formula is C25H22ClFN4O6. The minimum atomic E-state index is -1.40. The zero-order valence-corrected chi connectivity index (χ0v) is 20.2. The van der Waals surface area contributed by atoms with Gasteiger partial charge in [-0.2, -0.15) is 0 Å². The van der Waals surface area contributed by atoms with Gasteiger partial charge in [0, 0.05) is 43.0 Å². The van der Waals surface area contributed by atoms with E-state index in [0.29, 0.717) is 10.7 Å². The van der Waals surface area contributed by atoms with Crippen LogP contribution < -0.4 is 16.2 Å². The van der Waals surface area contributed by atoms with Crippen molar-refractivity contribution >= 4 is 40.9 Å². The highest BCUT2D eigenvalue weighted by Crippen LogP contribution is 2.25. The summed E-state index contributed by atoms with van der Waals surface area (Å²) < 4.78 is 21.3. The van der Waals surface area contributed by atoms with Crippen molar-refractivity contribution in [2.75, 3.05) is 24.3 Å². The molecule has 37 heavy (non-hydrogen) atoms. The van der Waals surface area contributed by atoms with Crippen LogP contribution in [-0.2, 0) is 9.53 Å². The first-order valence-corrected chi connectivity index (χ1v) is 11.5. The van der Waals surface area contributed by atoms with E-state index in [2.05, 4.69) is 10.6 Å². The first kappa shape index (κ1) is 25.9. The van der Waals surface area contributed by atoms with Gasteiger partial charge in [-0.05, 0) is 48.5 Å². The Morgan fingerprint density at radius 3 is 2.49 bits per heavy atom. The first-order valence-electron chi connectivity index (χ1n) is 11.1. The number of aromatic carboxylic acids is 1. The van der Waals surface area contributed by atoms with E-state index in [-0.39, 0.29) is 24.3 Å².